The zero-order chi connectivity index (χ0) is 22.2. The number of carbonyl (C=O) groups is 1. The van der Waals surface area contributed by atoms with Crippen LogP contribution in [0.1, 0.15) is 29.4 Å². The highest BCUT2D eigenvalue weighted by Crippen LogP contribution is 2.24. The number of amides is 1. The Kier molecular flexibility index (Phi) is 6.92. The van der Waals surface area contributed by atoms with E-state index in [4.69, 9.17) is 9.26 Å². The summed E-state index contributed by atoms with van der Waals surface area (Å²) in [5.74, 6) is 1.74. The minimum Gasteiger partial charge on any atom is -0.497 e. The van der Waals surface area contributed by atoms with Crippen molar-refractivity contribution in [3.63, 3.8) is 0 Å². The molecule has 6 heteroatoms. The number of benzene rings is 3. The molecule has 0 bridgehead atoms. The fraction of sp³-hybridized carbons (Fsp3) is 0.192. The molecule has 0 saturated carbocycles. The summed E-state index contributed by atoms with van der Waals surface area (Å²) in [5.41, 5.74) is 3.17. The van der Waals surface area contributed by atoms with E-state index in [0.717, 1.165) is 11.3 Å². The van der Waals surface area contributed by atoms with Crippen LogP contribution in [0.25, 0.3) is 11.4 Å². The van der Waals surface area contributed by atoms with Gasteiger partial charge in [-0.05, 0) is 35.4 Å². The van der Waals surface area contributed by atoms with Crippen molar-refractivity contribution in [2.75, 3.05) is 13.7 Å². The summed E-state index contributed by atoms with van der Waals surface area (Å²) in [5, 5.41) is 7.07. The van der Waals surface area contributed by atoms with Gasteiger partial charge in [0, 0.05) is 30.9 Å². The molecule has 1 aromatic heterocycles. The number of ether oxygens (including phenoxy) is 1. The third-order valence-electron chi connectivity index (χ3n) is 5.29. The van der Waals surface area contributed by atoms with Crippen LogP contribution in [0.15, 0.2) is 89.5 Å². The summed E-state index contributed by atoms with van der Waals surface area (Å²) in [6.07, 6.45) is 0.664. The van der Waals surface area contributed by atoms with Gasteiger partial charge in [0.05, 0.1) is 7.11 Å². The third kappa shape index (κ3) is 5.40. The van der Waals surface area contributed by atoms with Gasteiger partial charge in [-0.1, -0.05) is 65.8 Å². The number of hydrogen-bond donors (Lipinski definition) is 1. The Morgan fingerprint density at radius 2 is 1.56 bits per heavy atom. The highest BCUT2D eigenvalue weighted by molar-refractivity contribution is 5.76. The smallest absolute Gasteiger partial charge is 0.227 e. The minimum atomic E-state index is -0.0499. The molecule has 4 aromatic rings. The van der Waals surface area contributed by atoms with Gasteiger partial charge in [-0.2, -0.15) is 4.98 Å². The van der Waals surface area contributed by atoms with E-state index in [9.17, 15) is 4.79 Å². The van der Waals surface area contributed by atoms with Gasteiger partial charge >= 0.3 is 0 Å². The third-order valence-corrected chi connectivity index (χ3v) is 5.29. The van der Waals surface area contributed by atoms with Crippen LogP contribution in [-0.4, -0.2) is 29.7 Å². The van der Waals surface area contributed by atoms with E-state index in [0.29, 0.717) is 24.7 Å². The zero-order valence-electron chi connectivity index (χ0n) is 17.9. The first-order valence-electron chi connectivity index (χ1n) is 10.6. The molecule has 6 nitrogen and oxygen atoms in total. The lowest BCUT2D eigenvalue weighted by molar-refractivity contribution is -0.121. The van der Waals surface area contributed by atoms with Crippen LogP contribution < -0.4 is 10.1 Å². The monoisotopic (exact) mass is 427 g/mol. The number of carbonyl (C=O) groups excluding carboxylic acids is 1. The number of rotatable bonds is 9. The van der Waals surface area contributed by atoms with Crippen LogP contribution in [0.3, 0.4) is 0 Å². The van der Waals surface area contributed by atoms with Crippen LogP contribution in [0.4, 0.5) is 0 Å². The normalized spacial score (nSPS) is 10.8. The van der Waals surface area contributed by atoms with Crippen molar-refractivity contribution < 1.29 is 14.1 Å². The van der Waals surface area contributed by atoms with Gasteiger partial charge in [0.25, 0.3) is 0 Å². The largest absolute Gasteiger partial charge is 0.497 e. The van der Waals surface area contributed by atoms with Crippen molar-refractivity contribution in [2.45, 2.75) is 18.8 Å². The molecule has 1 amide bonds. The first-order valence-corrected chi connectivity index (χ1v) is 10.6. The Labute approximate surface area is 187 Å². The molecule has 4 rings (SSSR count). The number of hydrogen-bond acceptors (Lipinski definition) is 5. The number of nitrogens with zero attached hydrogens (tertiary/aromatic N) is 2. The van der Waals surface area contributed by atoms with Crippen molar-refractivity contribution in [1.82, 2.24) is 15.5 Å². The molecule has 0 saturated heterocycles. The lowest BCUT2D eigenvalue weighted by atomic mass is 9.91. The maximum Gasteiger partial charge on any atom is 0.227 e. The lowest BCUT2D eigenvalue weighted by Crippen LogP contribution is -2.29. The molecular weight excluding hydrogens is 402 g/mol. The predicted molar refractivity (Wildman–Crippen MR) is 122 cm³/mol. The second kappa shape index (κ2) is 10.4. The SMILES string of the molecule is COc1ccc(-c2noc(CCC(=O)NCC(c3ccccc3)c3ccccc3)n2)cc1. The van der Waals surface area contributed by atoms with Crippen LogP contribution in [0.2, 0.25) is 0 Å². The Hall–Kier alpha value is -3.93. The average Bonchev–Trinajstić information content (AvgIpc) is 3.33. The first-order chi connectivity index (χ1) is 15.7. The summed E-state index contributed by atoms with van der Waals surface area (Å²) >= 11 is 0. The second-order valence-electron chi connectivity index (χ2n) is 7.42. The molecule has 32 heavy (non-hydrogen) atoms. The molecular formula is C26H25N3O3. The molecule has 0 aliphatic carbocycles. The Bertz CT molecular complexity index is 1090. The van der Waals surface area contributed by atoms with E-state index < -0.39 is 0 Å². The van der Waals surface area contributed by atoms with Crippen LogP contribution in [0.5, 0.6) is 5.75 Å². The molecule has 1 heterocycles. The van der Waals surface area contributed by atoms with Gasteiger partial charge in [-0.3, -0.25) is 4.79 Å². The van der Waals surface area contributed by atoms with Gasteiger partial charge in [0.15, 0.2) is 0 Å². The van der Waals surface area contributed by atoms with E-state index in [-0.39, 0.29) is 18.2 Å². The number of aromatic nitrogens is 2. The fourth-order valence-corrected chi connectivity index (χ4v) is 3.54. The van der Waals surface area contributed by atoms with E-state index in [1.54, 1.807) is 7.11 Å². The van der Waals surface area contributed by atoms with Gasteiger partial charge in [-0.25, -0.2) is 0 Å². The van der Waals surface area contributed by atoms with Crippen molar-refractivity contribution in [2.24, 2.45) is 0 Å². The molecule has 162 valence electrons. The Balaban J connectivity index is 1.34. The average molecular weight is 428 g/mol. The molecule has 0 atom stereocenters. The minimum absolute atomic E-state index is 0.0499. The maximum absolute atomic E-state index is 12.5. The van der Waals surface area contributed by atoms with Crippen LogP contribution >= 0.6 is 0 Å². The van der Waals surface area contributed by atoms with Gasteiger partial charge in [0.2, 0.25) is 17.6 Å². The molecule has 0 spiro atoms. The molecule has 0 unspecified atom stereocenters. The molecule has 0 aliphatic heterocycles. The Morgan fingerprint density at radius 1 is 0.938 bits per heavy atom. The van der Waals surface area contributed by atoms with E-state index in [2.05, 4.69) is 39.7 Å². The summed E-state index contributed by atoms with van der Waals surface area (Å²) < 4.78 is 10.5. The van der Waals surface area contributed by atoms with Gasteiger partial charge < -0.3 is 14.6 Å². The van der Waals surface area contributed by atoms with Crippen molar-refractivity contribution in [3.05, 3.63) is 102 Å². The highest BCUT2D eigenvalue weighted by atomic mass is 16.5. The van der Waals surface area contributed by atoms with E-state index >= 15 is 0 Å². The van der Waals surface area contributed by atoms with E-state index in [1.807, 2.05) is 60.7 Å². The quantitative estimate of drug-likeness (QED) is 0.422. The summed E-state index contributed by atoms with van der Waals surface area (Å²) in [6.45, 7) is 0.522. The van der Waals surface area contributed by atoms with Gasteiger partial charge in [0.1, 0.15) is 5.75 Å². The standard InChI is InChI=1S/C26H25N3O3/c1-31-22-14-12-21(13-15-22)26-28-25(32-29-26)17-16-24(30)27-18-23(19-8-4-2-5-9-19)20-10-6-3-7-11-20/h2-15,23H,16-18H2,1H3,(H,27,30). The first kappa shape index (κ1) is 21.3. The van der Waals surface area contributed by atoms with Crippen molar-refractivity contribution in [1.29, 1.82) is 0 Å². The Morgan fingerprint density at radius 3 is 2.16 bits per heavy atom. The fourth-order valence-electron chi connectivity index (χ4n) is 3.54. The summed E-state index contributed by atoms with van der Waals surface area (Å²) in [7, 11) is 1.62. The highest BCUT2D eigenvalue weighted by Gasteiger charge is 2.16. The molecule has 0 fully saturated rings. The predicted octanol–water partition coefficient (Wildman–Crippen LogP) is 4.63. The summed E-state index contributed by atoms with van der Waals surface area (Å²) in [4.78, 5) is 16.9. The summed E-state index contributed by atoms with van der Waals surface area (Å²) in [6, 6.07) is 27.8. The molecule has 1 N–H and O–H groups in total. The topological polar surface area (TPSA) is 77.2 Å². The maximum atomic E-state index is 12.5. The van der Waals surface area contributed by atoms with Gasteiger partial charge in [-0.15, -0.1) is 0 Å². The second-order valence-corrected chi connectivity index (χ2v) is 7.42. The van der Waals surface area contributed by atoms with Crippen LogP contribution in [0, 0.1) is 0 Å². The van der Waals surface area contributed by atoms with Crippen LogP contribution in [-0.2, 0) is 11.2 Å². The van der Waals surface area contributed by atoms with E-state index in [1.165, 1.54) is 11.1 Å². The number of nitrogens with one attached hydrogen (secondary N) is 1. The molecule has 0 radical (unpaired) electrons. The molecule has 3 aromatic carbocycles. The van der Waals surface area contributed by atoms with Crippen molar-refractivity contribution in [3.8, 4) is 17.1 Å². The lowest BCUT2D eigenvalue weighted by Gasteiger charge is -2.18. The molecule has 0 aliphatic rings. The van der Waals surface area contributed by atoms with Crippen molar-refractivity contribution >= 4 is 5.91 Å². The zero-order valence-corrected chi connectivity index (χ0v) is 17.9. The number of methoxy groups -OCH3 is 1. The number of aryl methyl sites for hydroxylation is 1.